The lowest BCUT2D eigenvalue weighted by Gasteiger charge is -2.08. The lowest BCUT2D eigenvalue weighted by Crippen LogP contribution is -2.04. The van der Waals surface area contributed by atoms with Gasteiger partial charge in [-0.3, -0.25) is 0 Å². The molecule has 2 rings (SSSR count). The summed E-state index contributed by atoms with van der Waals surface area (Å²) in [5.41, 5.74) is -0.284. The predicted molar refractivity (Wildman–Crippen MR) is 66.2 cm³/mol. The third kappa shape index (κ3) is 2.46. The van der Waals surface area contributed by atoms with Gasteiger partial charge in [-0.2, -0.15) is 13.2 Å². The van der Waals surface area contributed by atoms with Crippen molar-refractivity contribution >= 4 is 24.0 Å². The van der Waals surface area contributed by atoms with Crippen molar-refractivity contribution in [3.63, 3.8) is 0 Å². The fourth-order valence-corrected chi connectivity index (χ4v) is 2.63. The molecule has 18 heavy (non-hydrogen) atoms. The number of rotatable bonds is 1. The summed E-state index contributed by atoms with van der Waals surface area (Å²) in [6.45, 7) is 1.68. The fraction of sp³-hybridized carbons (Fsp3) is 0.182. The fourth-order valence-electron chi connectivity index (χ4n) is 1.39. The Morgan fingerprint density at radius 1 is 1.33 bits per heavy atom. The summed E-state index contributed by atoms with van der Waals surface area (Å²) in [6.07, 6.45) is -4.39. The molecule has 0 saturated heterocycles. The molecule has 0 bridgehead atoms. The zero-order valence-corrected chi connectivity index (χ0v) is 10.8. The molecule has 0 spiro atoms. The van der Waals surface area contributed by atoms with Crippen LogP contribution < -0.4 is 0 Å². The van der Waals surface area contributed by atoms with Crippen LogP contribution in [0.2, 0.25) is 0 Å². The summed E-state index contributed by atoms with van der Waals surface area (Å²) in [6, 6.07) is 3.23. The van der Waals surface area contributed by atoms with E-state index in [0.29, 0.717) is 15.4 Å². The highest BCUT2D eigenvalue weighted by molar-refractivity contribution is 7.80. The van der Waals surface area contributed by atoms with Crippen LogP contribution in [0.25, 0.3) is 10.6 Å². The van der Waals surface area contributed by atoms with Crippen molar-refractivity contribution in [1.29, 1.82) is 0 Å². The molecule has 0 radical (unpaired) electrons. The number of benzene rings is 1. The van der Waals surface area contributed by atoms with Crippen LogP contribution in [0.4, 0.5) is 13.2 Å². The highest BCUT2D eigenvalue weighted by Crippen LogP contribution is 2.37. The molecule has 1 N–H and O–H groups in total. The molecule has 1 aromatic carbocycles. The van der Waals surface area contributed by atoms with Gasteiger partial charge in [-0.05, 0) is 19.1 Å². The highest BCUT2D eigenvalue weighted by atomic mass is 32.1. The van der Waals surface area contributed by atoms with Crippen LogP contribution in [-0.4, -0.2) is 10.1 Å². The van der Waals surface area contributed by atoms with Crippen molar-refractivity contribution in [1.82, 2.24) is 4.98 Å². The summed E-state index contributed by atoms with van der Waals surface area (Å²) in [7, 11) is 0. The second-order valence-corrected chi connectivity index (χ2v) is 5.31. The number of aromatic hydroxyl groups is 1. The van der Waals surface area contributed by atoms with E-state index >= 15 is 0 Å². The number of thiazole rings is 1. The van der Waals surface area contributed by atoms with E-state index in [0.717, 1.165) is 12.1 Å². The summed E-state index contributed by atoms with van der Waals surface area (Å²) < 4.78 is 37.4. The van der Waals surface area contributed by atoms with E-state index < -0.39 is 11.7 Å². The average Bonchev–Trinajstić information content (AvgIpc) is 2.57. The number of hydrogen-bond donors (Lipinski definition) is 2. The van der Waals surface area contributed by atoms with Crippen LogP contribution in [0, 0.1) is 6.92 Å². The molecule has 0 saturated carbocycles. The first-order valence-electron chi connectivity index (χ1n) is 4.86. The van der Waals surface area contributed by atoms with E-state index in [1.165, 1.54) is 17.4 Å². The highest BCUT2D eigenvalue weighted by Gasteiger charge is 2.31. The average molecular weight is 291 g/mol. The van der Waals surface area contributed by atoms with E-state index in [9.17, 15) is 18.3 Å². The number of thiol groups is 1. The molecule has 0 aliphatic rings. The Kier molecular flexibility index (Phi) is 3.29. The summed E-state index contributed by atoms with van der Waals surface area (Å²) >= 11 is 5.24. The second kappa shape index (κ2) is 4.47. The van der Waals surface area contributed by atoms with Gasteiger partial charge < -0.3 is 5.11 Å². The van der Waals surface area contributed by atoms with Crippen LogP contribution in [0.1, 0.15) is 10.4 Å². The van der Waals surface area contributed by atoms with Gasteiger partial charge in [-0.15, -0.1) is 24.0 Å². The lowest BCUT2D eigenvalue weighted by molar-refractivity contribution is -0.137. The zero-order chi connectivity index (χ0) is 13.5. The topological polar surface area (TPSA) is 33.1 Å². The minimum Gasteiger partial charge on any atom is -0.492 e. The third-order valence-corrected chi connectivity index (χ3v) is 3.69. The maximum absolute atomic E-state index is 12.5. The molecular formula is C11H8F3NOS2. The molecule has 0 aliphatic heterocycles. The Morgan fingerprint density at radius 2 is 2.00 bits per heavy atom. The van der Waals surface area contributed by atoms with Gasteiger partial charge in [-0.25, -0.2) is 4.98 Å². The van der Waals surface area contributed by atoms with Gasteiger partial charge in [-0.1, -0.05) is 6.07 Å². The Morgan fingerprint density at radius 3 is 2.44 bits per heavy atom. The van der Waals surface area contributed by atoms with E-state index in [1.54, 1.807) is 6.92 Å². The van der Waals surface area contributed by atoms with E-state index in [1.807, 2.05) is 0 Å². The monoisotopic (exact) mass is 291 g/mol. The van der Waals surface area contributed by atoms with Gasteiger partial charge in [0.2, 0.25) is 5.88 Å². The maximum Gasteiger partial charge on any atom is 0.416 e. The molecule has 2 aromatic rings. The number of aromatic nitrogens is 1. The quantitative estimate of drug-likeness (QED) is 0.774. The Hall–Kier alpha value is -1.21. The molecule has 2 nitrogen and oxygen atoms in total. The van der Waals surface area contributed by atoms with Crippen LogP contribution in [0.15, 0.2) is 23.1 Å². The van der Waals surface area contributed by atoms with Crippen molar-refractivity contribution in [2.45, 2.75) is 18.0 Å². The largest absolute Gasteiger partial charge is 0.492 e. The maximum atomic E-state index is 12.5. The molecule has 0 atom stereocenters. The molecular weight excluding hydrogens is 283 g/mol. The lowest BCUT2D eigenvalue weighted by atomic mass is 10.1. The minimum atomic E-state index is -4.39. The van der Waals surface area contributed by atoms with Crippen LogP contribution in [0.3, 0.4) is 0 Å². The Bertz CT molecular complexity index is 573. The second-order valence-electron chi connectivity index (χ2n) is 3.63. The van der Waals surface area contributed by atoms with Crippen molar-refractivity contribution in [3.8, 4) is 16.5 Å². The molecule has 7 heteroatoms. The molecule has 1 heterocycles. The number of nitrogens with zero attached hydrogens (tertiary/aromatic N) is 1. The van der Waals surface area contributed by atoms with E-state index in [-0.39, 0.29) is 10.8 Å². The zero-order valence-electron chi connectivity index (χ0n) is 9.12. The minimum absolute atomic E-state index is 0.109. The predicted octanol–water partition coefficient (Wildman–Crippen LogP) is 4.13. The number of hydrogen-bond acceptors (Lipinski definition) is 4. The van der Waals surface area contributed by atoms with Crippen molar-refractivity contribution in [3.05, 3.63) is 28.6 Å². The SMILES string of the molecule is Cc1sc(-c2ccc(C(F)(F)F)cc2S)nc1O. The molecule has 0 unspecified atom stereocenters. The van der Waals surface area contributed by atoms with Gasteiger partial charge in [0.25, 0.3) is 0 Å². The third-order valence-electron chi connectivity index (χ3n) is 2.33. The molecule has 0 aliphatic carbocycles. The van der Waals surface area contributed by atoms with E-state index in [2.05, 4.69) is 17.6 Å². The number of aryl methyl sites for hydroxylation is 1. The molecule has 0 amide bonds. The first-order valence-corrected chi connectivity index (χ1v) is 6.12. The van der Waals surface area contributed by atoms with Crippen molar-refractivity contribution in [2.24, 2.45) is 0 Å². The van der Waals surface area contributed by atoms with Crippen molar-refractivity contribution in [2.75, 3.05) is 0 Å². The van der Waals surface area contributed by atoms with Gasteiger partial charge in [0, 0.05) is 10.5 Å². The summed E-state index contributed by atoms with van der Waals surface area (Å²) in [4.78, 5) is 4.67. The smallest absolute Gasteiger partial charge is 0.416 e. The molecule has 0 fully saturated rings. The number of alkyl halides is 3. The summed E-state index contributed by atoms with van der Waals surface area (Å²) in [5.74, 6) is -0.109. The Labute approximate surface area is 111 Å². The van der Waals surface area contributed by atoms with E-state index in [4.69, 9.17) is 0 Å². The van der Waals surface area contributed by atoms with Gasteiger partial charge in [0.15, 0.2) is 0 Å². The molecule has 96 valence electrons. The van der Waals surface area contributed by atoms with Gasteiger partial charge in [0.05, 0.1) is 10.4 Å². The van der Waals surface area contributed by atoms with Crippen LogP contribution in [-0.2, 0) is 6.18 Å². The normalized spacial score (nSPS) is 11.8. The van der Waals surface area contributed by atoms with Crippen LogP contribution in [0.5, 0.6) is 5.88 Å². The van der Waals surface area contributed by atoms with Crippen molar-refractivity contribution < 1.29 is 18.3 Å². The summed E-state index contributed by atoms with van der Waals surface area (Å²) in [5, 5.41) is 9.82. The number of halogens is 3. The first kappa shape index (κ1) is 13.2. The van der Waals surface area contributed by atoms with Gasteiger partial charge in [0.1, 0.15) is 5.01 Å². The first-order chi connectivity index (χ1) is 8.29. The molecule has 1 aromatic heterocycles. The van der Waals surface area contributed by atoms with Gasteiger partial charge >= 0.3 is 6.18 Å². The van der Waals surface area contributed by atoms with Crippen LogP contribution >= 0.6 is 24.0 Å². The Balaban J connectivity index is 2.48. The standard InChI is InChI=1S/C11H8F3NOS2/c1-5-9(16)15-10(18-5)7-3-2-6(4-8(7)17)11(12,13)14/h2-4,16-17H,1H3.